The Morgan fingerprint density at radius 1 is 1.17 bits per heavy atom. The van der Waals surface area contributed by atoms with Crippen molar-refractivity contribution in [1.29, 1.82) is 0 Å². The van der Waals surface area contributed by atoms with Gasteiger partial charge in [0.1, 0.15) is 0 Å². The average Bonchev–Trinajstić information content (AvgIpc) is 2.93. The molecule has 1 aliphatic carbocycles. The summed E-state index contributed by atoms with van der Waals surface area (Å²) in [5.74, 6) is 0. The molecular formula is C17H24O. The molecule has 0 amide bonds. The summed E-state index contributed by atoms with van der Waals surface area (Å²) in [5.41, 5.74) is 3.87. The molecule has 0 aliphatic heterocycles. The van der Waals surface area contributed by atoms with Gasteiger partial charge in [0.15, 0.2) is 0 Å². The lowest BCUT2D eigenvalue weighted by atomic mass is 9.99. The van der Waals surface area contributed by atoms with Gasteiger partial charge in [-0.25, -0.2) is 0 Å². The number of allylic oxidation sites excluding steroid dienone is 2. The average molecular weight is 244 g/mol. The second-order valence-corrected chi connectivity index (χ2v) is 5.26. The fourth-order valence-electron chi connectivity index (χ4n) is 2.61. The maximum Gasteiger partial charge on any atom is 0.0790 e. The summed E-state index contributed by atoms with van der Waals surface area (Å²) in [6.07, 6.45) is 10.2. The molecular weight excluding hydrogens is 220 g/mol. The Kier molecular flexibility index (Phi) is 5.00. The lowest BCUT2D eigenvalue weighted by molar-refractivity contribution is 0.163. The summed E-state index contributed by atoms with van der Waals surface area (Å²) in [7, 11) is 0. The number of aliphatic hydroxyl groups is 1. The Bertz CT molecular complexity index is 389. The minimum Gasteiger partial charge on any atom is -0.388 e. The van der Waals surface area contributed by atoms with Crippen LogP contribution >= 0.6 is 0 Å². The minimum atomic E-state index is -0.289. The highest BCUT2D eigenvalue weighted by atomic mass is 16.3. The number of hydrogen-bond acceptors (Lipinski definition) is 1. The summed E-state index contributed by atoms with van der Waals surface area (Å²) in [6.45, 7) is 2.19. The van der Waals surface area contributed by atoms with Crippen LogP contribution in [0.5, 0.6) is 0 Å². The number of aliphatic hydroxyl groups excluding tert-OH is 1. The van der Waals surface area contributed by atoms with Crippen LogP contribution < -0.4 is 0 Å². The van der Waals surface area contributed by atoms with Crippen LogP contribution in [-0.2, 0) is 0 Å². The zero-order chi connectivity index (χ0) is 12.8. The summed E-state index contributed by atoms with van der Waals surface area (Å²) < 4.78 is 0. The lowest BCUT2D eigenvalue weighted by Crippen LogP contribution is -1.97. The topological polar surface area (TPSA) is 20.2 Å². The van der Waals surface area contributed by atoms with Gasteiger partial charge in [0.2, 0.25) is 0 Å². The Morgan fingerprint density at radius 3 is 2.56 bits per heavy atom. The standard InChI is InChI=1S/C17H24O/c1-2-3-4-9-17(18)16-12-10-15(11-13-16)14-7-5-6-8-14/h7,10-13,17-18H,2-6,8-9H2,1H3/t17-/m1/s1. The van der Waals surface area contributed by atoms with Gasteiger partial charge in [-0.1, -0.05) is 56.5 Å². The highest BCUT2D eigenvalue weighted by Crippen LogP contribution is 2.29. The number of hydrogen-bond donors (Lipinski definition) is 1. The van der Waals surface area contributed by atoms with Crippen molar-refractivity contribution in [3.63, 3.8) is 0 Å². The summed E-state index contributed by atoms with van der Waals surface area (Å²) >= 11 is 0. The third kappa shape index (κ3) is 3.46. The van der Waals surface area contributed by atoms with Gasteiger partial charge < -0.3 is 5.11 Å². The molecule has 0 unspecified atom stereocenters. The number of unbranched alkanes of at least 4 members (excludes halogenated alkanes) is 2. The molecule has 1 aromatic rings. The summed E-state index contributed by atoms with van der Waals surface area (Å²) in [6, 6.07) is 8.50. The van der Waals surface area contributed by atoms with Gasteiger partial charge in [-0.05, 0) is 42.4 Å². The predicted molar refractivity (Wildman–Crippen MR) is 77.4 cm³/mol. The van der Waals surface area contributed by atoms with E-state index in [4.69, 9.17) is 0 Å². The SMILES string of the molecule is CCCCC[C@@H](O)c1ccc(C2=CCCC2)cc1. The fourth-order valence-corrected chi connectivity index (χ4v) is 2.61. The third-order valence-electron chi connectivity index (χ3n) is 3.79. The molecule has 1 atom stereocenters. The van der Waals surface area contributed by atoms with Crippen LogP contribution in [0.4, 0.5) is 0 Å². The number of benzene rings is 1. The highest BCUT2D eigenvalue weighted by molar-refractivity contribution is 5.67. The first-order valence-corrected chi connectivity index (χ1v) is 7.28. The normalized spacial score (nSPS) is 16.7. The van der Waals surface area contributed by atoms with Crippen LogP contribution in [0.15, 0.2) is 30.3 Å². The zero-order valence-corrected chi connectivity index (χ0v) is 11.4. The van der Waals surface area contributed by atoms with E-state index in [1.165, 1.54) is 43.2 Å². The molecule has 0 fully saturated rings. The molecule has 1 N–H and O–H groups in total. The van der Waals surface area contributed by atoms with Gasteiger partial charge in [-0.2, -0.15) is 0 Å². The van der Waals surface area contributed by atoms with Crippen molar-refractivity contribution in [1.82, 2.24) is 0 Å². The molecule has 0 radical (unpaired) electrons. The first-order valence-electron chi connectivity index (χ1n) is 7.28. The maximum absolute atomic E-state index is 10.1. The first-order chi connectivity index (χ1) is 8.81. The van der Waals surface area contributed by atoms with E-state index in [0.717, 1.165) is 18.4 Å². The molecule has 2 rings (SSSR count). The molecule has 1 aromatic carbocycles. The van der Waals surface area contributed by atoms with E-state index in [9.17, 15) is 5.11 Å². The summed E-state index contributed by atoms with van der Waals surface area (Å²) in [5, 5.41) is 10.1. The van der Waals surface area contributed by atoms with E-state index >= 15 is 0 Å². The largest absolute Gasteiger partial charge is 0.388 e. The van der Waals surface area contributed by atoms with E-state index in [1.54, 1.807) is 0 Å². The second-order valence-electron chi connectivity index (χ2n) is 5.26. The van der Waals surface area contributed by atoms with Crippen LogP contribution in [0, 0.1) is 0 Å². The maximum atomic E-state index is 10.1. The van der Waals surface area contributed by atoms with Crippen LogP contribution in [-0.4, -0.2) is 5.11 Å². The van der Waals surface area contributed by atoms with Gasteiger partial charge in [-0.15, -0.1) is 0 Å². The van der Waals surface area contributed by atoms with Crippen molar-refractivity contribution in [3.05, 3.63) is 41.5 Å². The number of rotatable bonds is 6. The molecule has 0 saturated carbocycles. The van der Waals surface area contributed by atoms with Crippen LogP contribution in [0.1, 0.15) is 69.1 Å². The predicted octanol–water partition coefficient (Wildman–Crippen LogP) is 4.87. The van der Waals surface area contributed by atoms with Crippen molar-refractivity contribution in [3.8, 4) is 0 Å². The highest BCUT2D eigenvalue weighted by Gasteiger charge is 2.09. The zero-order valence-electron chi connectivity index (χ0n) is 11.4. The van der Waals surface area contributed by atoms with Crippen LogP contribution in [0.3, 0.4) is 0 Å². The molecule has 0 heterocycles. The van der Waals surface area contributed by atoms with E-state index < -0.39 is 0 Å². The van der Waals surface area contributed by atoms with E-state index in [1.807, 2.05) is 0 Å². The van der Waals surface area contributed by atoms with E-state index in [0.29, 0.717) is 0 Å². The molecule has 0 aromatic heterocycles. The van der Waals surface area contributed by atoms with Crippen molar-refractivity contribution in [2.45, 2.75) is 58.0 Å². The smallest absolute Gasteiger partial charge is 0.0790 e. The van der Waals surface area contributed by atoms with Gasteiger partial charge in [0.05, 0.1) is 6.10 Å². The molecule has 1 heteroatoms. The molecule has 18 heavy (non-hydrogen) atoms. The first kappa shape index (κ1) is 13.4. The Morgan fingerprint density at radius 2 is 1.94 bits per heavy atom. The van der Waals surface area contributed by atoms with Gasteiger partial charge in [0.25, 0.3) is 0 Å². The van der Waals surface area contributed by atoms with Crippen LogP contribution in [0.2, 0.25) is 0 Å². The van der Waals surface area contributed by atoms with Gasteiger partial charge in [0, 0.05) is 0 Å². The fraction of sp³-hybridized carbons (Fsp3) is 0.529. The Labute approximate surface area is 111 Å². The Hall–Kier alpha value is -1.08. The Balaban J connectivity index is 1.94. The van der Waals surface area contributed by atoms with E-state index in [-0.39, 0.29) is 6.10 Å². The molecule has 0 spiro atoms. The third-order valence-corrected chi connectivity index (χ3v) is 3.79. The van der Waals surface area contributed by atoms with Crippen molar-refractivity contribution in [2.24, 2.45) is 0 Å². The van der Waals surface area contributed by atoms with Gasteiger partial charge >= 0.3 is 0 Å². The molecule has 0 saturated heterocycles. The molecule has 1 aliphatic rings. The lowest BCUT2D eigenvalue weighted by Gasteiger charge is -2.11. The van der Waals surface area contributed by atoms with Crippen molar-refractivity contribution in [2.75, 3.05) is 0 Å². The minimum absolute atomic E-state index is 0.289. The monoisotopic (exact) mass is 244 g/mol. The van der Waals surface area contributed by atoms with Crippen molar-refractivity contribution >= 4 is 5.57 Å². The van der Waals surface area contributed by atoms with Gasteiger partial charge in [-0.3, -0.25) is 0 Å². The van der Waals surface area contributed by atoms with Crippen molar-refractivity contribution < 1.29 is 5.11 Å². The molecule has 98 valence electrons. The summed E-state index contributed by atoms with van der Waals surface area (Å²) in [4.78, 5) is 0. The second kappa shape index (κ2) is 6.75. The molecule has 0 bridgehead atoms. The van der Waals surface area contributed by atoms with E-state index in [2.05, 4.69) is 37.3 Å². The molecule has 1 nitrogen and oxygen atoms in total. The quantitative estimate of drug-likeness (QED) is 0.708. The van der Waals surface area contributed by atoms with Crippen LogP contribution in [0.25, 0.3) is 5.57 Å².